The van der Waals surface area contributed by atoms with Crippen LogP contribution in [0, 0.1) is 12.8 Å². The van der Waals surface area contributed by atoms with Gasteiger partial charge in [-0.15, -0.1) is 0 Å². The molecule has 1 aromatic rings. The molecule has 6 heteroatoms. The molecule has 118 valence electrons. The zero-order chi connectivity index (χ0) is 16.0. The first-order chi connectivity index (χ1) is 9.88. The molecule has 1 rings (SSSR count). The summed E-state index contributed by atoms with van der Waals surface area (Å²) in [6.45, 7) is 3.42. The average Bonchev–Trinajstić information content (AvgIpc) is 2.46. The van der Waals surface area contributed by atoms with Crippen molar-refractivity contribution in [1.29, 1.82) is 0 Å². The number of hydrogen-bond acceptors (Lipinski definition) is 4. The Morgan fingerprint density at radius 3 is 2.29 bits per heavy atom. The Bertz CT molecular complexity index is 566. The number of rotatable bonds is 7. The summed E-state index contributed by atoms with van der Waals surface area (Å²) in [7, 11) is -2.43. The molecule has 2 atom stereocenters. The molecule has 1 aromatic carbocycles. The number of carbonyl (C=O) groups is 1. The van der Waals surface area contributed by atoms with E-state index in [-0.39, 0.29) is 11.5 Å². The Kier molecular flexibility index (Phi) is 6.36. The molecule has 0 heterocycles. The van der Waals surface area contributed by atoms with Crippen molar-refractivity contribution in [3.8, 4) is 0 Å². The molecule has 0 aliphatic carbocycles. The minimum atomic E-state index is -3.83. The van der Waals surface area contributed by atoms with Gasteiger partial charge in [-0.25, -0.2) is 8.42 Å². The van der Waals surface area contributed by atoms with Crippen molar-refractivity contribution in [2.75, 3.05) is 13.7 Å². The lowest BCUT2D eigenvalue weighted by Gasteiger charge is -2.24. The van der Waals surface area contributed by atoms with Gasteiger partial charge < -0.3 is 10.4 Å². The van der Waals surface area contributed by atoms with Gasteiger partial charge in [-0.05, 0) is 25.5 Å². The van der Waals surface area contributed by atoms with E-state index in [1.54, 1.807) is 12.1 Å². The van der Waals surface area contributed by atoms with E-state index in [2.05, 4.69) is 5.32 Å². The van der Waals surface area contributed by atoms with Crippen molar-refractivity contribution in [3.05, 3.63) is 29.8 Å². The summed E-state index contributed by atoms with van der Waals surface area (Å²) >= 11 is 0. The molecule has 0 bridgehead atoms. The van der Waals surface area contributed by atoms with Crippen LogP contribution in [-0.2, 0) is 14.6 Å². The third-order valence-corrected chi connectivity index (χ3v) is 5.71. The number of hydrogen-bond donors (Lipinski definition) is 2. The fourth-order valence-corrected chi connectivity index (χ4v) is 4.27. The maximum absolute atomic E-state index is 12.7. The number of sulfone groups is 1. The van der Waals surface area contributed by atoms with Crippen LogP contribution in [0.1, 0.15) is 25.3 Å². The average molecular weight is 313 g/mol. The highest BCUT2D eigenvalue weighted by atomic mass is 32.2. The maximum atomic E-state index is 12.7. The molecule has 5 nitrogen and oxygen atoms in total. The van der Waals surface area contributed by atoms with Crippen LogP contribution in [0.4, 0.5) is 0 Å². The van der Waals surface area contributed by atoms with Crippen molar-refractivity contribution in [1.82, 2.24) is 5.32 Å². The second-order valence-corrected chi connectivity index (χ2v) is 7.19. The first-order valence-electron chi connectivity index (χ1n) is 7.01. The molecule has 0 radical (unpaired) electrons. The molecular formula is C15H23NO4S. The largest absolute Gasteiger partial charge is 0.396 e. The molecule has 0 spiro atoms. The standard InChI is InChI=1S/C15H23NO4S/c1-4-5-12(10-17)14(15(18)16-3)21(19,20)13-8-6-11(2)7-9-13/h6-9,12,14,17H,4-5,10H2,1-3H3,(H,16,18). The summed E-state index contributed by atoms with van der Waals surface area (Å²) in [5.41, 5.74) is 0.942. The Hall–Kier alpha value is -1.40. The fraction of sp³-hybridized carbons (Fsp3) is 0.533. The van der Waals surface area contributed by atoms with Gasteiger partial charge >= 0.3 is 0 Å². The molecule has 0 saturated heterocycles. The summed E-state index contributed by atoms with van der Waals surface area (Å²) in [6, 6.07) is 6.39. The molecule has 0 aliphatic rings. The van der Waals surface area contributed by atoms with Crippen LogP contribution in [0.5, 0.6) is 0 Å². The lowest BCUT2D eigenvalue weighted by molar-refractivity contribution is -0.121. The molecule has 1 amide bonds. The summed E-state index contributed by atoms with van der Waals surface area (Å²) in [6.07, 6.45) is 1.17. The van der Waals surface area contributed by atoms with Crippen molar-refractivity contribution < 1.29 is 18.3 Å². The Morgan fingerprint density at radius 1 is 1.29 bits per heavy atom. The van der Waals surface area contributed by atoms with Crippen molar-refractivity contribution in [2.24, 2.45) is 5.92 Å². The Labute approximate surface area is 126 Å². The van der Waals surface area contributed by atoms with Crippen LogP contribution in [0.2, 0.25) is 0 Å². The predicted molar refractivity (Wildman–Crippen MR) is 81.7 cm³/mol. The zero-order valence-electron chi connectivity index (χ0n) is 12.7. The van der Waals surface area contributed by atoms with Crippen LogP contribution in [-0.4, -0.2) is 38.3 Å². The highest BCUT2D eigenvalue weighted by Gasteiger charge is 2.39. The third-order valence-electron chi connectivity index (χ3n) is 3.51. The van der Waals surface area contributed by atoms with Gasteiger partial charge in [0.25, 0.3) is 0 Å². The molecule has 2 unspecified atom stereocenters. The summed E-state index contributed by atoms with van der Waals surface area (Å²) in [5, 5.41) is 10.6. The first kappa shape index (κ1) is 17.7. The van der Waals surface area contributed by atoms with Gasteiger partial charge in [-0.2, -0.15) is 0 Å². The quantitative estimate of drug-likeness (QED) is 0.794. The predicted octanol–water partition coefficient (Wildman–Crippen LogP) is 1.29. The monoisotopic (exact) mass is 313 g/mol. The normalized spacial score (nSPS) is 14.5. The van der Waals surface area contributed by atoms with Gasteiger partial charge in [0.05, 0.1) is 4.90 Å². The van der Waals surface area contributed by atoms with Crippen LogP contribution >= 0.6 is 0 Å². The van der Waals surface area contributed by atoms with E-state index in [4.69, 9.17) is 0 Å². The fourth-order valence-electron chi connectivity index (χ4n) is 2.33. The summed E-state index contributed by atoms with van der Waals surface area (Å²) in [4.78, 5) is 12.2. The lowest BCUT2D eigenvalue weighted by Crippen LogP contribution is -2.44. The number of aliphatic hydroxyl groups is 1. The summed E-state index contributed by atoms with van der Waals surface area (Å²) in [5.74, 6) is -1.19. The topological polar surface area (TPSA) is 83.5 Å². The van der Waals surface area contributed by atoms with E-state index in [0.717, 1.165) is 5.56 Å². The van der Waals surface area contributed by atoms with Gasteiger partial charge in [-0.1, -0.05) is 31.0 Å². The molecule has 2 N–H and O–H groups in total. The molecular weight excluding hydrogens is 290 g/mol. The van der Waals surface area contributed by atoms with E-state index in [1.165, 1.54) is 19.2 Å². The minimum absolute atomic E-state index is 0.108. The second-order valence-electron chi connectivity index (χ2n) is 5.12. The van der Waals surface area contributed by atoms with E-state index >= 15 is 0 Å². The Morgan fingerprint density at radius 2 is 1.86 bits per heavy atom. The number of aliphatic hydroxyl groups excluding tert-OH is 1. The molecule has 0 aliphatic heterocycles. The Balaban J connectivity index is 3.29. The first-order valence-corrected chi connectivity index (χ1v) is 8.56. The zero-order valence-corrected chi connectivity index (χ0v) is 13.5. The maximum Gasteiger partial charge on any atom is 0.238 e. The van der Waals surface area contributed by atoms with Crippen molar-refractivity contribution >= 4 is 15.7 Å². The SMILES string of the molecule is CCCC(CO)C(C(=O)NC)S(=O)(=O)c1ccc(C)cc1. The van der Waals surface area contributed by atoms with Gasteiger partial charge in [-0.3, -0.25) is 4.79 Å². The van der Waals surface area contributed by atoms with Gasteiger partial charge in [0, 0.05) is 19.6 Å². The molecule has 0 saturated carbocycles. The van der Waals surface area contributed by atoms with E-state index in [9.17, 15) is 18.3 Å². The smallest absolute Gasteiger partial charge is 0.238 e. The number of amides is 1. The molecule has 0 fully saturated rings. The van der Waals surface area contributed by atoms with Gasteiger partial charge in [0.1, 0.15) is 5.25 Å². The van der Waals surface area contributed by atoms with Gasteiger partial charge in [0.15, 0.2) is 9.84 Å². The highest BCUT2D eigenvalue weighted by molar-refractivity contribution is 7.92. The molecule has 21 heavy (non-hydrogen) atoms. The van der Waals surface area contributed by atoms with Crippen LogP contribution < -0.4 is 5.32 Å². The number of aryl methyl sites for hydroxylation is 1. The van der Waals surface area contributed by atoms with Crippen LogP contribution in [0.3, 0.4) is 0 Å². The second kappa shape index (κ2) is 7.56. The number of carbonyl (C=O) groups excluding carboxylic acids is 1. The highest BCUT2D eigenvalue weighted by Crippen LogP contribution is 2.25. The van der Waals surface area contributed by atoms with Crippen LogP contribution in [0.25, 0.3) is 0 Å². The van der Waals surface area contributed by atoms with E-state index in [1.807, 2.05) is 13.8 Å². The number of nitrogens with one attached hydrogen (secondary N) is 1. The summed E-state index contributed by atoms with van der Waals surface area (Å²) < 4.78 is 25.5. The third kappa shape index (κ3) is 4.04. The van der Waals surface area contributed by atoms with Gasteiger partial charge in [0.2, 0.25) is 5.91 Å². The van der Waals surface area contributed by atoms with Crippen molar-refractivity contribution in [3.63, 3.8) is 0 Å². The minimum Gasteiger partial charge on any atom is -0.396 e. The lowest BCUT2D eigenvalue weighted by atomic mass is 10.00. The van der Waals surface area contributed by atoms with E-state index < -0.39 is 26.9 Å². The van der Waals surface area contributed by atoms with Crippen molar-refractivity contribution in [2.45, 2.75) is 36.8 Å². The van der Waals surface area contributed by atoms with Crippen LogP contribution in [0.15, 0.2) is 29.2 Å². The van der Waals surface area contributed by atoms with E-state index in [0.29, 0.717) is 12.8 Å². The number of benzene rings is 1. The molecule has 0 aromatic heterocycles.